The highest BCUT2D eigenvalue weighted by Crippen LogP contribution is 2.22. The molecule has 0 saturated heterocycles. The molecule has 0 radical (unpaired) electrons. The van der Waals surface area contributed by atoms with Crippen LogP contribution in [-0.4, -0.2) is 26.4 Å². The quantitative estimate of drug-likeness (QED) is 0.508. The van der Waals surface area contributed by atoms with Gasteiger partial charge in [0, 0.05) is 36.7 Å². The molecule has 3 N–H and O–H groups in total. The zero-order valence-corrected chi connectivity index (χ0v) is 12.9. The fourth-order valence-electron chi connectivity index (χ4n) is 1.72. The Morgan fingerprint density at radius 2 is 1.95 bits per heavy atom. The predicted molar refractivity (Wildman–Crippen MR) is 85.4 cm³/mol. The number of nitrogens with one attached hydrogen (secondary N) is 1. The molecular formula is C16H28N2O2. The number of benzene rings is 1. The SMILES string of the molecule is CCCOc1cc(N)cc(NCCOCCC(C)C)c1. The number of nitrogens with two attached hydrogens (primary N) is 1. The van der Waals surface area contributed by atoms with Gasteiger partial charge in [0.15, 0.2) is 0 Å². The summed E-state index contributed by atoms with van der Waals surface area (Å²) in [6.07, 6.45) is 2.09. The van der Waals surface area contributed by atoms with E-state index in [0.717, 1.165) is 37.4 Å². The second-order valence-corrected chi connectivity index (χ2v) is 5.36. The molecule has 4 heteroatoms. The number of ether oxygens (including phenoxy) is 2. The first-order chi connectivity index (χ1) is 9.61. The molecule has 0 aromatic heterocycles. The van der Waals surface area contributed by atoms with Crippen LogP contribution >= 0.6 is 0 Å². The van der Waals surface area contributed by atoms with Gasteiger partial charge in [0.1, 0.15) is 5.75 Å². The Balaban J connectivity index is 2.30. The van der Waals surface area contributed by atoms with E-state index in [4.69, 9.17) is 15.2 Å². The van der Waals surface area contributed by atoms with Gasteiger partial charge in [-0.2, -0.15) is 0 Å². The number of hydrogen-bond donors (Lipinski definition) is 2. The number of rotatable bonds is 10. The standard InChI is InChI=1S/C16H28N2O2/c1-4-7-20-16-11-14(17)10-15(12-16)18-6-9-19-8-5-13(2)3/h10-13,18H,4-9,17H2,1-3H3. The van der Waals surface area contributed by atoms with E-state index < -0.39 is 0 Å². The number of hydrogen-bond acceptors (Lipinski definition) is 4. The third kappa shape index (κ3) is 7.24. The maximum Gasteiger partial charge on any atom is 0.123 e. The highest BCUT2D eigenvalue weighted by Gasteiger charge is 2.00. The van der Waals surface area contributed by atoms with E-state index >= 15 is 0 Å². The summed E-state index contributed by atoms with van der Waals surface area (Å²) < 4.78 is 11.2. The summed E-state index contributed by atoms with van der Waals surface area (Å²) >= 11 is 0. The van der Waals surface area contributed by atoms with Crippen molar-refractivity contribution in [1.82, 2.24) is 0 Å². The van der Waals surface area contributed by atoms with E-state index in [-0.39, 0.29) is 0 Å². The van der Waals surface area contributed by atoms with Crippen LogP contribution in [0, 0.1) is 5.92 Å². The summed E-state index contributed by atoms with van der Waals surface area (Å²) in [5.41, 5.74) is 7.55. The average Bonchev–Trinajstić information content (AvgIpc) is 2.39. The summed E-state index contributed by atoms with van der Waals surface area (Å²) in [5, 5.41) is 3.31. The first kappa shape index (κ1) is 16.6. The van der Waals surface area contributed by atoms with Gasteiger partial charge >= 0.3 is 0 Å². The zero-order valence-electron chi connectivity index (χ0n) is 12.9. The lowest BCUT2D eigenvalue weighted by Crippen LogP contribution is -2.11. The van der Waals surface area contributed by atoms with Crippen molar-refractivity contribution in [1.29, 1.82) is 0 Å². The van der Waals surface area contributed by atoms with Crippen LogP contribution < -0.4 is 15.8 Å². The van der Waals surface area contributed by atoms with Crippen LogP contribution in [0.25, 0.3) is 0 Å². The first-order valence-electron chi connectivity index (χ1n) is 7.46. The zero-order chi connectivity index (χ0) is 14.8. The Morgan fingerprint density at radius 3 is 2.65 bits per heavy atom. The molecule has 1 rings (SSSR count). The van der Waals surface area contributed by atoms with Crippen LogP contribution in [0.5, 0.6) is 5.75 Å². The highest BCUT2D eigenvalue weighted by molar-refractivity contribution is 5.59. The van der Waals surface area contributed by atoms with Crippen LogP contribution in [-0.2, 0) is 4.74 Å². The topological polar surface area (TPSA) is 56.5 Å². The molecule has 0 amide bonds. The van der Waals surface area contributed by atoms with Gasteiger partial charge < -0.3 is 20.5 Å². The van der Waals surface area contributed by atoms with Gasteiger partial charge in [-0.25, -0.2) is 0 Å². The van der Waals surface area contributed by atoms with Crippen molar-refractivity contribution in [3.05, 3.63) is 18.2 Å². The molecule has 0 aliphatic carbocycles. The smallest absolute Gasteiger partial charge is 0.123 e. The van der Waals surface area contributed by atoms with E-state index in [2.05, 4.69) is 26.1 Å². The summed E-state index contributed by atoms with van der Waals surface area (Å²) in [6.45, 7) is 9.49. The summed E-state index contributed by atoms with van der Waals surface area (Å²) in [5.74, 6) is 1.50. The molecule has 1 aromatic rings. The Labute approximate surface area is 122 Å². The molecule has 0 spiro atoms. The molecule has 0 saturated carbocycles. The minimum atomic E-state index is 0.690. The second kappa shape index (κ2) is 9.48. The van der Waals surface area contributed by atoms with Gasteiger partial charge in [-0.3, -0.25) is 0 Å². The highest BCUT2D eigenvalue weighted by atomic mass is 16.5. The normalized spacial score (nSPS) is 10.8. The van der Waals surface area contributed by atoms with Crippen LogP contribution in [0.2, 0.25) is 0 Å². The maximum absolute atomic E-state index is 5.87. The lowest BCUT2D eigenvalue weighted by atomic mass is 10.1. The molecule has 0 aliphatic heterocycles. The van der Waals surface area contributed by atoms with E-state index in [0.29, 0.717) is 24.8 Å². The Kier molecular flexibility index (Phi) is 7.88. The van der Waals surface area contributed by atoms with Crippen LogP contribution in [0.4, 0.5) is 11.4 Å². The number of anilines is 2. The van der Waals surface area contributed by atoms with Gasteiger partial charge in [-0.1, -0.05) is 20.8 Å². The lowest BCUT2D eigenvalue weighted by molar-refractivity contribution is 0.132. The van der Waals surface area contributed by atoms with Gasteiger partial charge in [0.2, 0.25) is 0 Å². The fourth-order valence-corrected chi connectivity index (χ4v) is 1.72. The summed E-state index contributed by atoms with van der Waals surface area (Å²) in [7, 11) is 0. The van der Waals surface area contributed by atoms with Crippen molar-refractivity contribution >= 4 is 11.4 Å². The first-order valence-corrected chi connectivity index (χ1v) is 7.46. The lowest BCUT2D eigenvalue weighted by Gasteiger charge is -2.11. The molecule has 0 atom stereocenters. The van der Waals surface area contributed by atoms with E-state index in [1.807, 2.05) is 18.2 Å². The minimum absolute atomic E-state index is 0.690. The Morgan fingerprint density at radius 1 is 1.15 bits per heavy atom. The van der Waals surface area contributed by atoms with Gasteiger partial charge in [-0.15, -0.1) is 0 Å². The van der Waals surface area contributed by atoms with Crippen LogP contribution in [0.3, 0.4) is 0 Å². The molecular weight excluding hydrogens is 252 g/mol. The molecule has 0 bridgehead atoms. The van der Waals surface area contributed by atoms with Crippen molar-refractivity contribution in [2.75, 3.05) is 37.4 Å². The van der Waals surface area contributed by atoms with Crippen LogP contribution in [0.1, 0.15) is 33.6 Å². The van der Waals surface area contributed by atoms with Gasteiger partial charge in [0.25, 0.3) is 0 Å². The van der Waals surface area contributed by atoms with Gasteiger partial charge in [0.05, 0.1) is 13.2 Å². The molecule has 0 unspecified atom stereocenters. The maximum atomic E-state index is 5.87. The third-order valence-corrected chi connectivity index (χ3v) is 2.82. The van der Waals surface area contributed by atoms with E-state index in [1.54, 1.807) is 0 Å². The van der Waals surface area contributed by atoms with Crippen molar-refractivity contribution < 1.29 is 9.47 Å². The monoisotopic (exact) mass is 280 g/mol. The van der Waals surface area contributed by atoms with E-state index in [1.165, 1.54) is 0 Å². The minimum Gasteiger partial charge on any atom is -0.493 e. The third-order valence-electron chi connectivity index (χ3n) is 2.82. The van der Waals surface area contributed by atoms with Crippen molar-refractivity contribution in [3.63, 3.8) is 0 Å². The molecule has 1 aromatic carbocycles. The fraction of sp³-hybridized carbons (Fsp3) is 0.625. The second-order valence-electron chi connectivity index (χ2n) is 5.36. The largest absolute Gasteiger partial charge is 0.493 e. The number of nitrogen functional groups attached to an aromatic ring is 1. The molecule has 114 valence electrons. The molecule has 0 heterocycles. The van der Waals surface area contributed by atoms with Crippen molar-refractivity contribution in [2.45, 2.75) is 33.6 Å². The Bertz CT molecular complexity index is 381. The molecule has 0 aliphatic rings. The summed E-state index contributed by atoms with van der Waals surface area (Å²) in [4.78, 5) is 0. The molecule has 0 fully saturated rings. The average molecular weight is 280 g/mol. The molecule has 4 nitrogen and oxygen atoms in total. The van der Waals surface area contributed by atoms with E-state index in [9.17, 15) is 0 Å². The van der Waals surface area contributed by atoms with Crippen LogP contribution in [0.15, 0.2) is 18.2 Å². The predicted octanol–water partition coefficient (Wildman–Crippen LogP) is 3.53. The van der Waals surface area contributed by atoms with Crippen molar-refractivity contribution in [2.24, 2.45) is 5.92 Å². The Hall–Kier alpha value is -1.42. The van der Waals surface area contributed by atoms with Gasteiger partial charge in [-0.05, 0) is 24.8 Å². The van der Waals surface area contributed by atoms with Crippen molar-refractivity contribution in [3.8, 4) is 5.75 Å². The summed E-state index contributed by atoms with van der Waals surface area (Å²) in [6, 6.07) is 5.73. The molecule has 20 heavy (non-hydrogen) atoms.